The SMILES string of the molecule is CCCNc1nc(NCC(C)(C)SC)nc(OCC)n1. The lowest BCUT2D eigenvalue weighted by atomic mass is 10.2. The molecule has 1 heterocycles. The van der Waals surface area contributed by atoms with E-state index in [1.807, 2.05) is 6.92 Å². The van der Waals surface area contributed by atoms with Gasteiger partial charge in [0.1, 0.15) is 0 Å². The third-order valence-electron chi connectivity index (χ3n) is 2.65. The molecule has 7 heteroatoms. The molecule has 0 unspecified atom stereocenters. The zero-order valence-corrected chi connectivity index (χ0v) is 13.8. The second-order valence-electron chi connectivity index (χ2n) is 4.94. The molecule has 6 nitrogen and oxygen atoms in total. The lowest BCUT2D eigenvalue weighted by Crippen LogP contribution is -2.27. The minimum Gasteiger partial charge on any atom is -0.464 e. The van der Waals surface area contributed by atoms with Crippen molar-refractivity contribution in [3.05, 3.63) is 0 Å². The summed E-state index contributed by atoms with van der Waals surface area (Å²) in [6, 6.07) is 0.352. The first kappa shape index (κ1) is 16.8. The maximum atomic E-state index is 5.38. The van der Waals surface area contributed by atoms with Gasteiger partial charge in [-0.15, -0.1) is 0 Å². The Hall–Kier alpha value is -1.24. The van der Waals surface area contributed by atoms with Crippen LogP contribution in [0.15, 0.2) is 0 Å². The number of hydrogen-bond acceptors (Lipinski definition) is 7. The van der Waals surface area contributed by atoms with Gasteiger partial charge >= 0.3 is 6.01 Å². The summed E-state index contributed by atoms with van der Waals surface area (Å²) in [5.74, 6) is 1.10. The van der Waals surface area contributed by atoms with Crippen LogP contribution >= 0.6 is 11.8 Å². The van der Waals surface area contributed by atoms with Gasteiger partial charge in [0.2, 0.25) is 11.9 Å². The third kappa shape index (κ3) is 5.81. The Bertz CT molecular complexity index is 414. The molecule has 1 rings (SSSR count). The van der Waals surface area contributed by atoms with Gasteiger partial charge in [0, 0.05) is 17.8 Å². The van der Waals surface area contributed by atoms with Crippen LogP contribution in [-0.2, 0) is 0 Å². The number of hydrogen-bond donors (Lipinski definition) is 2. The van der Waals surface area contributed by atoms with Crippen LogP contribution in [0.25, 0.3) is 0 Å². The molecule has 0 aliphatic heterocycles. The summed E-state index contributed by atoms with van der Waals surface area (Å²) >= 11 is 1.80. The fourth-order valence-corrected chi connectivity index (χ4v) is 1.53. The van der Waals surface area contributed by atoms with E-state index in [2.05, 4.69) is 52.6 Å². The Balaban J connectivity index is 2.79. The van der Waals surface area contributed by atoms with E-state index >= 15 is 0 Å². The van der Waals surface area contributed by atoms with Gasteiger partial charge in [0.05, 0.1) is 6.61 Å². The molecule has 114 valence electrons. The molecular formula is C13H25N5OS. The topological polar surface area (TPSA) is 72.0 Å². The molecule has 0 radical (unpaired) electrons. The molecule has 0 saturated carbocycles. The fraction of sp³-hybridized carbons (Fsp3) is 0.769. The molecule has 0 amide bonds. The number of ether oxygens (including phenoxy) is 1. The molecule has 0 bridgehead atoms. The Labute approximate surface area is 125 Å². The summed E-state index contributed by atoms with van der Waals surface area (Å²) in [7, 11) is 0. The summed E-state index contributed by atoms with van der Waals surface area (Å²) < 4.78 is 5.50. The number of thioether (sulfide) groups is 1. The molecule has 0 aliphatic rings. The number of nitrogens with zero attached hydrogens (tertiary/aromatic N) is 3. The van der Waals surface area contributed by atoms with Crippen molar-refractivity contribution in [1.29, 1.82) is 0 Å². The highest BCUT2D eigenvalue weighted by atomic mass is 32.2. The zero-order valence-electron chi connectivity index (χ0n) is 13.0. The Morgan fingerprint density at radius 3 is 2.30 bits per heavy atom. The van der Waals surface area contributed by atoms with Crippen LogP contribution in [0, 0.1) is 0 Å². The highest BCUT2D eigenvalue weighted by Gasteiger charge is 2.16. The molecule has 2 N–H and O–H groups in total. The molecule has 0 aliphatic carbocycles. The first-order valence-corrected chi connectivity index (χ1v) is 8.15. The van der Waals surface area contributed by atoms with E-state index in [0.717, 1.165) is 19.5 Å². The van der Waals surface area contributed by atoms with E-state index in [1.165, 1.54) is 0 Å². The van der Waals surface area contributed by atoms with Gasteiger partial charge in [0.15, 0.2) is 0 Å². The maximum Gasteiger partial charge on any atom is 0.323 e. The second kappa shape index (κ2) is 8.14. The van der Waals surface area contributed by atoms with Gasteiger partial charge in [0.25, 0.3) is 0 Å². The molecule has 1 aromatic rings. The van der Waals surface area contributed by atoms with Gasteiger partial charge in [-0.2, -0.15) is 26.7 Å². The van der Waals surface area contributed by atoms with Crippen LogP contribution < -0.4 is 15.4 Å². The van der Waals surface area contributed by atoms with Crippen molar-refractivity contribution in [1.82, 2.24) is 15.0 Å². The Kier molecular flexibility index (Phi) is 6.84. The zero-order chi connectivity index (χ0) is 15.0. The van der Waals surface area contributed by atoms with Crippen LogP contribution in [0.5, 0.6) is 6.01 Å². The van der Waals surface area contributed by atoms with Crippen LogP contribution in [0.4, 0.5) is 11.9 Å². The van der Waals surface area contributed by atoms with E-state index in [9.17, 15) is 0 Å². The Morgan fingerprint density at radius 2 is 1.75 bits per heavy atom. The minimum absolute atomic E-state index is 0.120. The van der Waals surface area contributed by atoms with Crippen molar-refractivity contribution >= 4 is 23.7 Å². The molecule has 1 aromatic heterocycles. The van der Waals surface area contributed by atoms with Gasteiger partial charge in [-0.25, -0.2) is 0 Å². The quantitative estimate of drug-likeness (QED) is 0.726. The molecular weight excluding hydrogens is 274 g/mol. The van der Waals surface area contributed by atoms with Gasteiger partial charge in [-0.3, -0.25) is 0 Å². The number of nitrogens with one attached hydrogen (secondary N) is 2. The van der Waals surface area contributed by atoms with Crippen LogP contribution in [0.2, 0.25) is 0 Å². The van der Waals surface area contributed by atoms with E-state index < -0.39 is 0 Å². The normalized spacial score (nSPS) is 11.2. The summed E-state index contributed by atoms with van der Waals surface area (Å²) in [6.45, 7) is 10.5. The highest BCUT2D eigenvalue weighted by Crippen LogP contribution is 2.21. The van der Waals surface area contributed by atoms with Gasteiger partial charge in [-0.05, 0) is 33.4 Å². The van der Waals surface area contributed by atoms with Crippen molar-refractivity contribution < 1.29 is 4.74 Å². The van der Waals surface area contributed by atoms with Gasteiger partial charge in [-0.1, -0.05) is 6.92 Å². The summed E-state index contributed by atoms with van der Waals surface area (Å²) in [5.41, 5.74) is 0. The molecule has 0 atom stereocenters. The van der Waals surface area contributed by atoms with Crippen molar-refractivity contribution in [3.63, 3.8) is 0 Å². The second-order valence-corrected chi connectivity index (χ2v) is 6.46. The molecule has 0 fully saturated rings. The maximum absolute atomic E-state index is 5.38. The average molecular weight is 299 g/mol. The van der Waals surface area contributed by atoms with Crippen molar-refractivity contribution in [2.24, 2.45) is 0 Å². The van der Waals surface area contributed by atoms with E-state index in [1.54, 1.807) is 11.8 Å². The summed E-state index contributed by atoms with van der Waals surface area (Å²) in [4.78, 5) is 12.8. The van der Waals surface area contributed by atoms with Crippen LogP contribution in [-0.4, -0.2) is 45.7 Å². The molecule has 0 spiro atoms. The van der Waals surface area contributed by atoms with E-state index in [4.69, 9.17) is 4.74 Å². The molecule has 0 saturated heterocycles. The molecule has 20 heavy (non-hydrogen) atoms. The van der Waals surface area contributed by atoms with E-state index in [0.29, 0.717) is 24.5 Å². The predicted octanol–water partition coefficient (Wildman–Crippen LogP) is 2.65. The van der Waals surface area contributed by atoms with Gasteiger partial charge < -0.3 is 15.4 Å². The number of aromatic nitrogens is 3. The van der Waals surface area contributed by atoms with Crippen molar-refractivity contribution in [3.8, 4) is 6.01 Å². The lowest BCUT2D eigenvalue weighted by Gasteiger charge is -2.22. The number of rotatable bonds is 9. The predicted molar refractivity (Wildman–Crippen MR) is 85.9 cm³/mol. The first-order chi connectivity index (χ1) is 9.50. The van der Waals surface area contributed by atoms with E-state index in [-0.39, 0.29) is 4.75 Å². The first-order valence-electron chi connectivity index (χ1n) is 6.92. The lowest BCUT2D eigenvalue weighted by molar-refractivity contribution is 0.312. The largest absolute Gasteiger partial charge is 0.464 e. The third-order valence-corrected chi connectivity index (χ3v) is 3.90. The molecule has 0 aromatic carbocycles. The number of anilines is 2. The smallest absolute Gasteiger partial charge is 0.323 e. The average Bonchev–Trinajstić information content (AvgIpc) is 2.43. The minimum atomic E-state index is 0.120. The van der Waals surface area contributed by atoms with Crippen LogP contribution in [0.1, 0.15) is 34.1 Å². The standard InChI is InChI=1S/C13H25N5OS/c1-6-8-14-10-16-11(15-9-13(3,4)20-5)18-12(17-10)19-7-2/h6-9H2,1-5H3,(H2,14,15,16,17,18). The summed E-state index contributed by atoms with van der Waals surface area (Å²) in [6.07, 6.45) is 3.10. The van der Waals surface area contributed by atoms with Crippen molar-refractivity contribution in [2.75, 3.05) is 36.6 Å². The summed E-state index contributed by atoms with van der Waals surface area (Å²) in [5, 5.41) is 6.41. The highest BCUT2D eigenvalue weighted by molar-refractivity contribution is 7.99. The monoisotopic (exact) mass is 299 g/mol. The van der Waals surface area contributed by atoms with Crippen molar-refractivity contribution in [2.45, 2.75) is 38.9 Å². The Morgan fingerprint density at radius 1 is 1.10 bits per heavy atom. The van der Waals surface area contributed by atoms with Crippen LogP contribution in [0.3, 0.4) is 0 Å². The fourth-order valence-electron chi connectivity index (χ4n) is 1.31.